The molecule has 1 rings (SSSR count). The van der Waals surface area contributed by atoms with Crippen LogP contribution < -0.4 is 15.2 Å². The predicted molar refractivity (Wildman–Crippen MR) is 77.9 cm³/mol. The molecule has 0 spiro atoms. The summed E-state index contributed by atoms with van der Waals surface area (Å²) >= 11 is 1.81. The lowest BCUT2D eigenvalue weighted by atomic mass is 10.1. The average Bonchev–Trinajstić information content (AvgIpc) is 2.35. The molecule has 0 saturated carbocycles. The normalized spacial score (nSPS) is 10.8. The molecule has 0 aromatic heterocycles. The Morgan fingerprint density at radius 3 is 2.11 bits per heavy atom. The van der Waals surface area contributed by atoms with Crippen molar-refractivity contribution in [1.82, 2.24) is 0 Å². The van der Waals surface area contributed by atoms with Gasteiger partial charge in [0, 0.05) is 15.7 Å². The first-order valence-electron chi connectivity index (χ1n) is 6.24. The lowest BCUT2D eigenvalue weighted by molar-refractivity contribution is 0.382. The van der Waals surface area contributed by atoms with Gasteiger partial charge in [-0.15, -0.1) is 11.8 Å². The molecule has 2 N–H and O–H groups in total. The van der Waals surface area contributed by atoms with Gasteiger partial charge in [0.15, 0.2) is 0 Å². The van der Waals surface area contributed by atoms with Gasteiger partial charge in [-0.25, -0.2) is 0 Å². The first kappa shape index (κ1) is 15.2. The van der Waals surface area contributed by atoms with Crippen molar-refractivity contribution in [3.05, 3.63) is 17.7 Å². The largest absolute Gasteiger partial charge is 0.496 e. The zero-order valence-corrected chi connectivity index (χ0v) is 12.5. The van der Waals surface area contributed by atoms with Gasteiger partial charge in [0.25, 0.3) is 0 Å². The van der Waals surface area contributed by atoms with Crippen LogP contribution in [0.4, 0.5) is 0 Å². The molecule has 3 nitrogen and oxygen atoms in total. The molecule has 18 heavy (non-hydrogen) atoms. The van der Waals surface area contributed by atoms with E-state index in [2.05, 4.69) is 26.0 Å². The molecule has 102 valence electrons. The monoisotopic (exact) mass is 269 g/mol. The van der Waals surface area contributed by atoms with E-state index in [1.165, 1.54) is 4.90 Å². The number of methoxy groups -OCH3 is 2. The highest BCUT2D eigenvalue weighted by Gasteiger charge is 2.13. The standard InChI is InChI=1S/C14H23NO2S/c1-10(2)18-11-8-13(16-3)12(6-5-7-15)14(9-11)17-4/h8-10H,5-7,15H2,1-4H3. The van der Waals surface area contributed by atoms with Crippen molar-refractivity contribution < 1.29 is 9.47 Å². The number of rotatable bonds is 7. The number of hydrogen-bond acceptors (Lipinski definition) is 4. The second-order valence-corrected chi connectivity index (χ2v) is 6.02. The summed E-state index contributed by atoms with van der Waals surface area (Å²) in [6.07, 6.45) is 1.82. The molecule has 0 heterocycles. The molecule has 0 fully saturated rings. The predicted octanol–water partition coefficient (Wildman–Crippen LogP) is 3.10. The molecular weight excluding hydrogens is 246 g/mol. The lowest BCUT2D eigenvalue weighted by Crippen LogP contribution is -2.03. The van der Waals surface area contributed by atoms with Gasteiger partial charge in [-0.2, -0.15) is 0 Å². The van der Waals surface area contributed by atoms with Gasteiger partial charge >= 0.3 is 0 Å². The van der Waals surface area contributed by atoms with E-state index in [4.69, 9.17) is 15.2 Å². The topological polar surface area (TPSA) is 44.5 Å². The number of nitrogens with two attached hydrogens (primary N) is 1. The van der Waals surface area contributed by atoms with Gasteiger partial charge in [0.05, 0.1) is 14.2 Å². The zero-order chi connectivity index (χ0) is 13.5. The molecule has 0 amide bonds. The molecule has 1 aromatic rings. The molecule has 0 aliphatic heterocycles. The van der Waals surface area contributed by atoms with E-state index in [0.717, 1.165) is 29.9 Å². The highest BCUT2D eigenvalue weighted by molar-refractivity contribution is 7.99. The molecule has 0 aliphatic carbocycles. The summed E-state index contributed by atoms with van der Waals surface area (Å²) in [6.45, 7) is 5.02. The van der Waals surface area contributed by atoms with Gasteiger partial charge < -0.3 is 15.2 Å². The first-order chi connectivity index (χ1) is 8.62. The van der Waals surface area contributed by atoms with E-state index >= 15 is 0 Å². The van der Waals surface area contributed by atoms with Crippen LogP contribution in [0, 0.1) is 0 Å². The van der Waals surface area contributed by atoms with Crippen molar-refractivity contribution in [1.29, 1.82) is 0 Å². The minimum Gasteiger partial charge on any atom is -0.496 e. The van der Waals surface area contributed by atoms with E-state index in [0.29, 0.717) is 11.8 Å². The second kappa shape index (κ2) is 7.54. The van der Waals surface area contributed by atoms with E-state index in [1.807, 2.05) is 0 Å². The molecule has 1 aromatic carbocycles. The Morgan fingerprint density at radius 1 is 1.17 bits per heavy atom. The fourth-order valence-corrected chi connectivity index (χ4v) is 2.72. The van der Waals surface area contributed by atoms with Gasteiger partial charge in [-0.05, 0) is 31.5 Å². The average molecular weight is 269 g/mol. The minimum absolute atomic E-state index is 0.536. The third kappa shape index (κ3) is 4.10. The minimum atomic E-state index is 0.536. The number of thioether (sulfide) groups is 1. The van der Waals surface area contributed by atoms with E-state index in [1.54, 1.807) is 26.0 Å². The lowest BCUT2D eigenvalue weighted by Gasteiger charge is -2.16. The summed E-state index contributed by atoms with van der Waals surface area (Å²) in [7, 11) is 3.40. The van der Waals surface area contributed by atoms with Crippen LogP contribution in [0.15, 0.2) is 17.0 Å². The Hall–Kier alpha value is -0.870. The summed E-state index contributed by atoms with van der Waals surface area (Å²) in [5.74, 6) is 1.79. The maximum atomic E-state index is 5.57. The van der Waals surface area contributed by atoms with Crippen LogP contribution in [-0.2, 0) is 6.42 Å². The van der Waals surface area contributed by atoms with Crippen LogP contribution >= 0.6 is 11.8 Å². The van der Waals surface area contributed by atoms with Crippen molar-refractivity contribution in [3.8, 4) is 11.5 Å². The SMILES string of the molecule is COc1cc(SC(C)C)cc(OC)c1CCCN. The van der Waals surface area contributed by atoms with E-state index in [-0.39, 0.29) is 0 Å². The maximum Gasteiger partial charge on any atom is 0.126 e. The van der Waals surface area contributed by atoms with Gasteiger partial charge in [-0.1, -0.05) is 13.8 Å². The Labute approximate surface area is 114 Å². The molecule has 4 heteroatoms. The maximum absolute atomic E-state index is 5.57. The van der Waals surface area contributed by atoms with Gasteiger partial charge in [0.2, 0.25) is 0 Å². The summed E-state index contributed by atoms with van der Waals surface area (Å²) in [5.41, 5.74) is 6.68. The third-order valence-electron chi connectivity index (χ3n) is 2.58. The summed E-state index contributed by atoms with van der Waals surface area (Å²) in [5, 5.41) is 0.536. The van der Waals surface area contributed by atoms with Crippen LogP contribution in [-0.4, -0.2) is 26.0 Å². The fraction of sp³-hybridized carbons (Fsp3) is 0.571. The fourth-order valence-electron chi connectivity index (χ4n) is 1.83. The van der Waals surface area contributed by atoms with E-state index in [9.17, 15) is 0 Å². The summed E-state index contributed by atoms with van der Waals surface area (Å²) in [6, 6.07) is 4.16. The number of hydrogen-bond donors (Lipinski definition) is 1. The quantitative estimate of drug-likeness (QED) is 0.773. The Balaban J connectivity index is 3.08. The molecule has 0 aliphatic rings. The first-order valence-corrected chi connectivity index (χ1v) is 7.12. The summed E-state index contributed by atoms with van der Waals surface area (Å²) < 4.78 is 10.9. The molecule has 0 saturated heterocycles. The van der Waals surface area contributed by atoms with Crippen molar-refractivity contribution in [3.63, 3.8) is 0 Å². The smallest absolute Gasteiger partial charge is 0.126 e. The highest BCUT2D eigenvalue weighted by atomic mass is 32.2. The molecule has 0 atom stereocenters. The van der Waals surface area contributed by atoms with Crippen molar-refractivity contribution in [2.24, 2.45) is 5.73 Å². The van der Waals surface area contributed by atoms with Crippen molar-refractivity contribution in [2.45, 2.75) is 36.8 Å². The zero-order valence-electron chi connectivity index (χ0n) is 11.7. The van der Waals surface area contributed by atoms with Crippen molar-refractivity contribution in [2.75, 3.05) is 20.8 Å². The van der Waals surface area contributed by atoms with E-state index < -0.39 is 0 Å². The Kier molecular flexibility index (Phi) is 6.36. The van der Waals surface area contributed by atoms with Crippen LogP contribution in [0.5, 0.6) is 11.5 Å². The number of ether oxygens (including phenoxy) is 2. The van der Waals surface area contributed by atoms with Crippen LogP contribution in [0.2, 0.25) is 0 Å². The Morgan fingerprint density at radius 2 is 1.72 bits per heavy atom. The molecule has 0 unspecified atom stereocenters. The molecule has 0 bridgehead atoms. The van der Waals surface area contributed by atoms with Gasteiger partial charge in [-0.3, -0.25) is 0 Å². The molecular formula is C14H23NO2S. The second-order valence-electron chi connectivity index (χ2n) is 4.37. The molecule has 0 radical (unpaired) electrons. The number of benzene rings is 1. The van der Waals surface area contributed by atoms with Crippen LogP contribution in [0.25, 0.3) is 0 Å². The van der Waals surface area contributed by atoms with Crippen molar-refractivity contribution >= 4 is 11.8 Å². The van der Waals surface area contributed by atoms with Crippen LogP contribution in [0.1, 0.15) is 25.8 Å². The highest BCUT2D eigenvalue weighted by Crippen LogP contribution is 2.36. The van der Waals surface area contributed by atoms with Gasteiger partial charge in [0.1, 0.15) is 11.5 Å². The van der Waals surface area contributed by atoms with Crippen LogP contribution in [0.3, 0.4) is 0 Å². The Bertz CT molecular complexity index is 355. The summed E-state index contributed by atoms with van der Waals surface area (Å²) in [4.78, 5) is 1.18. The third-order valence-corrected chi connectivity index (χ3v) is 3.56.